The Labute approximate surface area is 283 Å². The Morgan fingerprint density at radius 1 is 0.979 bits per heavy atom. The van der Waals surface area contributed by atoms with E-state index in [9.17, 15) is 29.3 Å². The number of fused-ring (bicyclic) bond motifs is 9. The molecule has 0 radical (unpaired) electrons. The number of carbonyl (C=O) groups excluding carboxylic acids is 3. The maximum absolute atomic E-state index is 14.0. The number of non-ortho nitro benzene ring substituents is 1. The number of thioether (sulfide) groups is 1. The molecule has 0 spiro atoms. The topological polar surface area (TPSA) is 152 Å². The monoisotopic (exact) mass is 690 g/mol. The van der Waals surface area contributed by atoms with Crippen molar-refractivity contribution in [2.75, 3.05) is 31.2 Å². The first-order valence-corrected chi connectivity index (χ1v) is 18.1. The minimum absolute atomic E-state index is 0.00111. The molecule has 2 bridgehead atoms. The number of nitrogens with zero attached hydrogens (tertiary/aromatic N) is 3. The summed E-state index contributed by atoms with van der Waals surface area (Å²) in [6.07, 6.45) is 3.86. The third kappa shape index (κ3) is 4.94. The number of anilines is 1. The van der Waals surface area contributed by atoms with Crippen LogP contribution < -0.4 is 19.2 Å². The molecule has 2 saturated carbocycles. The van der Waals surface area contributed by atoms with Gasteiger partial charge in [-0.3, -0.25) is 34.2 Å². The standard InChI is InChI=1S/C34H34N4O8S2/c1-2-45-23-14-17(6-11-22(23)46-16-24(39)36-12-4-3-5-13-36)25-26-20-15-21(29(26)47-31-30(25)48-34(42)35-31)28-27(20)32(40)37(33(28)41)18-7-9-19(10-8-18)38(43)44/h6-11,14,20-21,25-29H,2-5,12-13,15-16H2,1H3,(H,35,42)/t20-,21-,25+,26-,27+,28+,29-/m1/s1. The van der Waals surface area contributed by atoms with Crippen molar-refractivity contribution in [3.05, 3.63) is 72.7 Å². The lowest BCUT2D eigenvalue weighted by Crippen LogP contribution is -2.42. The molecule has 5 aliphatic rings. The van der Waals surface area contributed by atoms with Crippen molar-refractivity contribution in [1.29, 1.82) is 0 Å². The Bertz CT molecular complexity index is 1870. The number of nitro benzene ring substituents is 1. The second-order valence-corrected chi connectivity index (χ2v) is 15.3. The van der Waals surface area contributed by atoms with Crippen LogP contribution >= 0.6 is 23.1 Å². The fourth-order valence-electron chi connectivity index (χ4n) is 8.85. The summed E-state index contributed by atoms with van der Waals surface area (Å²) >= 11 is 2.79. The van der Waals surface area contributed by atoms with Crippen LogP contribution in [0.4, 0.5) is 11.4 Å². The molecular formula is C34H34N4O8S2. The highest BCUT2D eigenvalue weighted by Crippen LogP contribution is 2.68. The van der Waals surface area contributed by atoms with E-state index in [1.807, 2.05) is 30.0 Å². The van der Waals surface area contributed by atoms with Gasteiger partial charge in [-0.1, -0.05) is 17.4 Å². The van der Waals surface area contributed by atoms with E-state index < -0.39 is 16.8 Å². The molecule has 3 aromatic rings. The number of rotatable bonds is 8. The van der Waals surface area contributed by atoms with Gasteiger partial charge in [0.2, 0.25) is 11.8 Å². The minimum atomic E-state index is -0.512. The van der Waals surface area contributed by atoms with E-state index in [2.05, 4.69) is 4.98 Å². The van der Waals surface area contributed by atoms with Crippen molar-refractivity contribution in [1.82, 2.24) is 9.88 Å². The minimum Gasteiger partial charge on any atom is -0.490 e. The fourth-order valence-corrected chi connectivity index (χ4v) is 11.7. The first-order valence-electron chi connectivity index (χ1n) is 16.4. The third-order valence-electron chi connectivity index (χ3n) is 10.7. The largest absolute Gasteiger partial charge is 0.490 e. The number of thiazole rings is 1. The van der Waals surface area contributed by atoms with Gasteiger partial charge in [0.05, 0.1) is 34.1 Å². The maximum Gasteiger partial charge on any atom is 0.305 e. The van der Waals surface area contributed by atoms with Crippen LogP contribution in [0.3, 0.4) is 0 Å². The average molecular weight is 691 g/mol. The second kappa shape index (κ2) is 12.1. The molecule has 48 heavy (non-hydrogen) atoms. The average Bonchev–Trinajstić information content (AvgIpc) is 3.83. The van der Waals surface area contributed by atoms with Gasteiger partial charge in [-0.25, -0.2) is 0 Å². The molecule has 1 aromatic heterocycles. The number of H-pyrrole nitrogens is 1. The van der Waals surface area contributed by atoms with Crippen molar-refractivity contribution < 1.29 is 28.8 Å². The van der Waals surface area contributed by atoms with Crippen molar-refractivity contribution in [3.8, 4) is 11.5 Å². The van der Waals surface area contributed by atoms with Gasteiger partial charge in [0.1, 0.15) is 0 Å². The van der Waals surface area contributed by atoms with Gasteiger partial charge in [0.25, 0.3) is 11.6 Å². The lowest BCUT2D eigenvalue weighted by molar-refractivity contribution is -0.384. The van der Waals surface area contributed by atoms with Crippen LogP contribution in [-0.2, 0) is 14.4 Å². The molecule has 1 N–H and O–H groups in total. The Morgan fingerprint density at radius 3 is 2.42 bits per heavy atom. The number of ether oxygens (including phenoxy) is 2. The van der Waals surface area contributed by atoms with Crippen molar-refractivity contribution >= 4 is 52.2 Å². The molecule has 7 atom stereocenters. The molecule has 4 heterocycles. The molecule has 12 nitrogen and oxygen atoms in total. The van der Waals surface area contributed by atoms with E-state index in [0.717, 1.165) is 54.2 Å². The summed E-state index contributed by atoms with van der Waals surface area (Å²) in [4.78, 5) is 71.0. The summed E-state index contributed by atoms with van der Waals surface area (Å²) in [7, 11) is 0. The predicted molar refractivity (Wildman–Crippen MR) is 178 cm³/mol. The number of carbonyl (C=O) groups is 3. The van der Waals surface area contributed by atoms with Gasteiger partial charge in [0.15, 0.2) is 18.1 Å². The van der Waals surface area contributed by atoms with Crippen LogP contribution in [0.25, 0.3) is 0 Å². The number of nitro groups is 1. The molecule has 4 fully saturated rings. The van der Waals surface area contributed by atoms with Gasteiger partial charge >= 0.3 is 4.87 Å². The number of likely N-dealkylation sites (tertiary alicyclic amines) is 1. The van der Waals surface area contributed by atoms with Gasteiger partial charge in [0, 0.05) is 41.3 Å². The first kappa shape index (κ1) is 31.1. The van der Waals surface area contributed by atoms with Crippen LogP contribution in [0.2, 0.25) is 0 Å². The Kier molecular flexibility index (Phi) is 7.82. The molecule has 2 saturated heterocycles. The van der Waals surface area contributed by atoms with E-state index in [4.69, 9.17) is 9.47 Å². The molecular weight excluding hydrogens is 657 g/mol. The van der Waals surface area contributed by atoms with Crippen LogP contribution in [-0.4, -0.2) is 64.1 Å². The highest BCUT2D eigenvalue weighted by molar-refractivity contribution is 8.00. The number of imide groups is 1. The van der Waals surface area contributed by atoms with Gasteiger partial charge in [-0.05, 0) is 80.2 Å². The molecule has 14 heteroatoms. The lowest BCUT2D eigenvalue weighted by Gasteiger charge is -2.43. The number of amides is 3. The van der Waals surface area contributed by atoms with Crippen LogP contribution in [0.1, 0.15) is 49.0 Å². The molecule has 2 aliphatic carbocycles. The summed E-state index contributed by atoms with van der Waals surface area (Å²) in [5, 5.41) is 12.0. The predicted octanol–water partition coefficient (Wildman–Crippen LogP) is 4.81. The number of hydrogen-bond donors (Lipinski definition) is 1. The van der Waals surface area contributed by atoms with E-state index >= 15 is 0 Å². The second-order valence-electron chi connectivity index (χ2n) is 13.1. The van der Waals surface area contributed by atoms with Gasteiger partial charge in [-0.2, -0.15) is 0 Å². The first-order chi connectivity index (χ1) is 23.2. The van der Waals surface area contributed by atoms with Crippen LogP contribution in [0.15, 0.2) is 52.3 Å². The Morgan fingerprint density at radius 2 is 1.71 bits per heavy atom. The van der Waals surface area contributed by atoms with E-state index in [1.165, 1.54) is 40.5 Å². The highest BCUT2D eigenvalue weighted by atomic mass is 32.2. The number of hydrogen-bond acceptors (Lipinski definition) is 10. The number of aromatic nitrogens is 1. The number of piperidine rings is 1. The van der Waals surface area contributed by atoms with Crippen molar-refractivity contribution in [2.24, 2.45) is 29.6 Å². The van der Waals surface area contributed by atoms with Gasteiger partial charge in [-0.15, -0.1) is 11.8 Å². The van der Waals surface area contributed by atoms with E-state index in [0.29, 0.717) is 23.8 Å². The van der Waals surface area contributed by atoms with Crippen molar-refractivity contribution in [2.45, 2.75) is 48.8 Å². The summed E-state index contributed by atoms with van der Waals surface area (Å²) in [6.45, 7) is 3.68. The SMILES string of the molecule is CCOc1cc([C@@H]2c3sc(=O)[nH]c3S[C@@H]3[C@@H]4C[C@@H]([C@@H]5C(=O)N(c6ccc([N+](=O)[O-])cc6)C(=O)[C@@H]45)[C@H]23)ccc1OCC(=O)N1CCCCC1. The Balaban J connectivity index is 1.11. The fraction of sp³-hybridized carbons (Fsp3) is 0.471. The van der Waals surface area contributed by atoms with Crippen LogP contribution in [0.5, 0.6) is 11.5 Å². The summed E-state index contributed by atoms with van der Waals surface area (Å²) in [5.74, 6) is -0.975. The molecule has 8 rings (SSSR count). The van der Waals surface area contributed by atoms with E-state index in [1.54, 1.807) is 11.8 Å². The highest BCUT2D eigenvalue weighted by Gasteiger charge is 2.69. The number of aromatic amines is 1. The zero-order valence-corrected chi connectivity index (χ0v) is 27.8. The number of benzene rings is 2. The molecule has 250 valence electrons. The van der Waals surface area contributed by atoms with E-state index in [-0.39, 0.29) is 63.8 Å². The van der Waals surface area contributed by atoms with Crippen LogP contribution in [0, 0.1) is 39.7 Å². The summed E-state index contributed by atoms with van der Waals surface area (Å²) in [5.41, 5.74) is 1.16. The summed E-state index contributed by atoms with van der Waals surface area (Å²) < 4.78 is 12.0. The lowest BCUT2D eigenvalue weighted by atomic mass is 9.68. The Hall–Kier alpha value is -4.17. The summed E-state index contributed by atoms with van der Waals surface area (Å²) in [6, 6.07) is 11.3. The quantitative estimate of drug-likeness (QED) is 0.199. The molecule has 2 aromatic carbocycles. The smallest absolute Gasteiger partial charge is 0.305 e. The maximum atomic E-state index is 14.0. The van der Waals surface area contributed by atoms with Crippen molar-refractivity contribution in [3.63, 3.8) is 0 Å². The molecule has 3 amide bonds. The molecule has 3 aliphatic heterocycles. The zero-order chi connectivity index (χ0) is 33.3. The third-order valence-corrected chi connectivity index (χ3v) is 13.3. The molecule has 0 unspecified atom stereocenters. The number of nitrogens with one attached hydrogen (secondary N) is 1. The normalized spacial score (nSPS) is 28.6. The zero-order valence-electron chi connectivity index (χ0n) is 26.2. The van der Waals surface area contributed by atoms with Gasteiger partial charge < -0.3 is 19.4 Å².